The summed E-state index contributed by atoms with van der Waals surface area (Å²) in [6, 6.07) is 14.4. The van der Waals surface area contributed by atoms with Gasteiger partial charge in [0.25, 0.3) is 0 Å². The molecule has 0 aliphatic heterocycles. The van der Waals surface area contributed by atoms with Gasteiger partial charge in [-0.2, -0.15) is 0 Å². The number of halogens is 1. The van der Waals surface area contributed by atoms with Gasteiger partial charge in [-0.15, -0.1) is 22.7 Å². The summed E-state index contributed by atoms with van der Waals surface area (Å²) in [4.78, 5) is 14.1. The van der Waals surface area contributed by atoms with Crippen LogP contribution in [0.4, 0.5) is 4.39 Å². The van der Waals surface area contributed by atoms with Gasteiger partial charge >= 0.3 is 0 Å². The minimum Gasteiger partial charge on any atom is -0.470 e. The van der Waals surface area contributed by atoms with Crippen LogP contribution in [0.5, 0.6) is 5.88 Å². The van der Waals surface area contributed by atoms with E-state index in [0.717, 1.165) is 36.6 Å². The van der Waals surface area contributed by atoms with Crippen LogP contribution in [0.3, 0.4) is 0 Å². The van der Waals surface area contributed by atoms with Crippen molar-refractivity contribution in [3.8, 4) is 17.0 Å². The van der Waals surface area contributed by atoms with Crippen LogP contribution in [0.15, 0.2) is 60.2 Å². The fraction of sp³-hybridized carbons (Fsp3) is 0.0500. The SMILES string of the molecule is Fc1ccc(-c2csc3ncnc(OCc4nc5ccccc5s4)c23)cc1. The Hall–Kier alpha value is -2.90. The van der Waals surface area contributed by atoms with E-state index in [9.17, 15) is 4.39 Å². The van der Waals surface area contributed by atoms with Crippen molar-refractivity contribution in [2.75, 3.05) is 0 Å². The van der Waals surface area contributed by atoms with Gasteiger partial charge in [0, 0.05) is 10.9 Å². The number of thiazole rings is 1. The molecular weight excluding hydrogens is 381 g/mol. The summed E-state index contributed by atoms with van der Waals surface area (Å²) in [6.07, 6.45) is 1.50. The number of aromatic nitrogens is 3. The fourth-order valence-corrected chi connectivity index (χ4v) is 4.70. The first-order valence-corrected chi connectivity index (χ1v) is 9.93. The van der Waals surface area contributed by atoms with E-state index < -0.39 is 0 Å². The summed E-state index contributed by atoms with van der Waals surface area (Å²) in [5, 5.41) is 3.73. The van der Waals surface area contributed by atoms with Gasteiger partial charge in [0.1, 0.15) is 28.6 Å². The average molecular weight is 393 g/mol. The summed E-state index contributed by atoms with van der Waals surface area (Å²) in [6.45, 7) is 0.337. The molecule has 0 amide bonds. The highest BCUT2D eigenvalue weighted by molar-refractivity contribution is 7.18. The first-order chi connectivity index (χ1) is 13.3. The molecule has 4 nitrogen and oxygen atoms in total. The lowest BCUT2D eigenvalue weighted by atomic mass is 10.1. The number of fused-ring (bicyclic) bond motifs is 2. The molecule has 0 spiro atoms. The third kappa shape index (κ3) is 3.05. The highest BCUT2D eigenvalue weighted by atomic mass is 32.1. The van der Waals surface area contributed by atoms with Gasteiger partial charge in [0.05, 0.1) is 15.6 Å². The first kappa shape index (κ1) is 16.3. The van der Waals surface area contributed by atoms with Gasteiger partial charge < -0.3 is 4.74 Å². The van der Waals surface area contributed by atoms with E-state index in [1.54, 1.807) is 23.5 Å². The second-order valence-electron chi connectivity index (χ2n) is 5.88. The number of benzene rings is 2. The van der Waals surface area contributed by atoms with Crippen LogP contribution in [0.1, 0.15) is 5.01 Å². The van der Waals surface area contributed by atoms with E-state index >= 15 is 0 Å². The maximum Gasteiger partial charge on any atom is 0.226 e. The minimum atomic E-state index is -0.262. The van der Waals surface area contributed by atoms with Crippen LogP contribution in [-0.2, 0) is 6.61 Å². The van der Waals surface area contributed by atoms with Crippen molar-refractivity contribution in [1.29, 1.82) is 0 Å². The number of thiophene rings is 1. The Morgan fingerprint density at radius 2 is 1.85 bits per heavy atom. The smallest absolute Gasteiger partial charge is 0.226 e. The predicted octanol–water partition coefficient (Wildman–Crippen LogP) is 5.69. The highest BCUT2D eigenvalue weighted by Crippen LogP contribution is 2.37. The predicted molar refractivity (Wildman–Crippen MR) is 107 cm³/mol. The molecule has 5 aromatic rings. The molecule has 0 unspecified atom stereocenters. The van der Waals surface area contributed by atoms with E-state index in [0.29, 0.717) is 12.5 Å². The van der Waals surface area contributed by atoms with E-state index in [4.69, 9.17) is 4.74 Å². The van der Waals surface area contributed by atoms with Crippen molar-refractivity contribution in [2.24, 2.45) is 0 Å². The van der Waals surface area contributed by atoms with Crippen molar-refractivity contribution in [3.63, 3.8) is 0 Å². The molecule has 0 N–H and O–H groups in total. The van der Waals surface area contributed by atoms with E-state index in [2.05, 4.69) is 15.0 Å². The summed E-state index contributed by atoms with van der Waals surface area (Å²) < 4.78 is 20.4. The van der Waals surface area contributed by atoms with Gasteiger partial charge in [0.2, 0.25) is 5.88 Å². The molecule has 5 rings (SSSR count). The zero-order valence-electron chi connectivity index (χ0n) is 13.9. The molecule has 132 valence electrons. The van der Waals surface area contributed by atoms with Crippen LogP contribution < -0.4 is 4.74 Å². The maximum absolute atomic E-state index is 13.3. The number of nitrogens with zero attached hydrogens (tertiary/aromatic N) is 3. The number of para-hydroxylation sites is 1. The number of hydrogen-bond donors (Lipinski definition) is 0. The standard InChI is InChI=1S/C20H12FN3OS2/c21-13-7-5-12(6-8-13)14-10-26-20-18(14)19(22-11-23-20)25-9-17-24-15-3-1-2-4-16(15)27-17/h1-8,10-11H,9H2. The van der Waals surface area contributed by atoms with Gasteiger partial charge in [-0.3, -0.25) is 0 Å². The third-order valence-corrected chi connectivity index (χ3v) is 6.06. The molecule has 27 heavy (non-hydrogen) atoms. The maximum atomic E-state index is 13.3. The highest BCUT2D eigenvalue weighted by Gasteiger charge is 2.15. The number of ether oxygens (including phenoxy) is 1. The third-order valence-electron chi connectivity index (χ3n) is 4.16. The van der Waals surface area contributed by atoms with E-state index in [1.807, 2.05) is 29.6 Å². The van der Waals surface area contributed by atoms with Crippen LogP contribution in [0.2, 0.25) is 0 Å². The molecule has 3 heterocycles. The van der Waals surface area contributed by atoms with Crippen LogP contribution in [-0.4, -0.2) is 15.0 Å². The molecule has 0 fully saturated rings. The molecule has 3 aromatic heterocycles. The molecular formula is C20H12FN3OS2. The lowest BCUT2D eigenvalue weighted by Crippen LogP contribution is -1.98. The second kappa shape index (κ2) is 6.68. The largest absolute Gasteiger partial charge is 0.470 e. The molecule has 0 aliphatic carbocycles. The van der Waals surface area contributed by atoms with Gasteiger partial charge in [-0.25, -0.2) is 19.3 Å². The molecule has 0 radical (unpaired) electrons. The Bertz CT molecular complexity index is 1210. The lowest BCUT2D eigenvalue weighted by molar-refractivity contribution is 0.297. The van der Waals surface area contributed by atoms with E-state index in [1.165, 1.54) is 29.8 Å². The summed E-state index contributed by atoms with van der Waals surface area (Å²) in [5.74, 6) is 0.252. The van der Waals surface area contributed by atoms with Gasteiger partial charge in [-0.05, 0) is 29.8 Å². The quantitative estimate of drug-likeness (QED) is 0.394. The van der Waals surface area contributed by atoms with Crippen molar-refractivity contribution < 1.29 is 9.13 Å². The lowest BCUT2D eigenvalue weighted by Gasteiger charge is -2.06. The Morgan fingerprint density at radius 1 is 1.00 bits per heavy atom. The zero-order valence-corrected chi connectivity index (χ0v) is 15.6. The van der Waals surface area contributed by atoms with Crippen molar-refractivity contribution in [2.45, 2.75) is 6.61 Å². The average Bonchev–Trinajstić information content (AvgIpc) is 3.31. The fourth-order valence-electron chi connectivity index (χ4n) is 2.91. The number of hydrogen-bond acceptors (Lipinski definition) is 6. The summed E-state index contributed by atoms with van der Waals surface area (Å²) in [5.41, 5.74) is 2.81. The molecule has 7 heteroatoms. The van der Waals surface area contributed by atoms with E-state index in [-0.39, 0.29) is 5.82 Å². The molecule has 0 atom stereocenters. The van der Waals surface area contributed by atoms with Crippen molar-refractivity contribution >= 4 is 43.1 Å². The van der Waals surface area contributed by atoms with Crippen LogP contribution >= 0.6 is 22.7 Å². The van der Waals surface area contributed by atoms with Gasteiger partial charge in [0.15, 0.2) is 0 Å². The Labute approximate surface area is 161 Å². The second-order valence-corrected chi connectivity index (χ2v) is 7.85. The monoisotopic (exact) mass is 393 g/mol. The van der Waals surface area contributed by atoms with Gasteiger partial charge in [-0.1, -0.05) is 24.3 Å². The minimum absolute atomic E-state index is 0.262. The number of rotatable bonds is 4. The topological polar surface area (TPSA) is 47.9 Å². The summed E-state index contributed by atoms with van der Waals surface area (Å²) in [7, 11) is 0. The Morgan fingerprint density at radius 3 is 2.70 bits per heavy atom. The molecule has 0 bridgehead atoms. The van der Waals surface area contributed by atoms with Crippen molar-refractivity contribution in [3.05, 3.63) is 71.1 Å². The summed E-state index contributed by atoms with van der Waals surface area (Å²) >= 11 is 3.12. The molecule has 0 saturated heterocycles. The van der Waals surface area contributed by atoms with Crippen LogP contribution in [0, 0.1) is 5.82 Å². The zero-order chi connectivity index (χ0) is 18.2. The molecule has 0 saturated carbocycles. The molecule has 0 aliphatic rings. The normalized spacial score (nSPS) is 11.3. The van der Waals surface area contributed by atoms with Crippen molar-refractivity contribution in [1.82, 2.24) is 15.0 Å². The Balaban J connectivity index is 1.51. The first-order valence-electron chi connectivity index (χ1n) is 8.23. The molecule has 2 aromatic carbocycles. The Kier molecular flexibility index (Phi) is 4.03. The van der Waals surface area contributed by atoms with Crippen LogP contribution in [0.25, 0.3) is 31.6 Å².